The molecule has 0 aliphatic heterocycles. The number of likely N-dealkylation sites (N-methyl/N-ethyl adjacent to an activating group) is 1. The van der Waals surface area contributed by atoms with Crippen molar-refractivity contribution in [2.45, 2.75) is 45.6 Å². The summed E-state index contributed by atoms with van der Waals surface area (Å²) < 4.78 is 31.2. The lowest BCUT2D eigenvalue weighted by molar-refractivity contribution is -0.925. The first-order valence-corrected chi connectivity index (χ1v) is 9.51. The Morgan fingerprint density at radius 3 is 2.09 bits per heavy atom. The van der Waals surface area contributed by atoms with Crippen LogP contribution in [0.5, 0.6) is 0 Å². The summed E-state index contributed by atoms with van der Waals surface area (Å²) in [7, 11) is -2.25. The van der Waals surface area contributed by atoms with Gasteiger partial charge in [-0.25, -0.2) is 0 Å². The van der Waals surface area contributed by atoms with Crippen LogP contribution in [0.3, 0.4) is 0 Å². The smallest absolute Gasteiger partial charge is 0.320 e. The highest BCUT2D eigenvalue weighted by molar-refractivity contribution is 7.85. The summed E-state index contributed by atoms with van der Waals surface area (Å²) in [6, 6.07) is -0.510. The molecular formula is C14H31N2O5S+. The molecule has 0 rings (SSSR count). The van der Waals surface area contributed by atoms with E-state index in [1.54, 1.807) is 7.05 Å². The van der Waals surface area contributed by atoms with E-state index < -0.39 is 22.1 Å². The van der Waals surface area contributed by atoms with E-state index in [0.29, 0.717) is 19.4 Å². The van der Waals surface area contributed by atoms with E-state index in [1.165, 1.54) is 0 Å². The average molecular weight is 339 g/mol. The van der Waals surface area contributed by atoms with Gasteiger partial charge in [-0.3, -0.25) is 9.35 Å². The fourth-order valence-corrected chi connectivity index (χ4v) is 3.23. The van der Waals surface area contributed by atoms with Gasteiger partial charge in [0.05, 0.1) is 31.9 Å². The number of quaternary nitrogens is 1. The maximum atomic E-state index is 10.9. The quantitative estimate of drug-likeness (QED) is 0.262. The van der Waals surface area contributed by atoms with Crippen molar-refractivity contribution in [1.82, 2.24) is 5.32 Å². The molecule has 0 unspecified atom stereocenters. The number of nitrogens with one attached hydrogen (secondary N) is 1. The van der Waals surface area contributed by atoms with Crippen molar-refractivity contribution < 1.29 is 27.4 Å². The first kappa shape index (κ1) is 21.3. The first-order chi connectivity index (χ1) is 10.2. The Hall–Kier alpha value is -0.700. The van der Waals surface area contributed by atoms with Gasteiger partial charge in [-0.1, -0.05) is 0 Å². The molecule has 0 bridgehead atoms. The van der Waals surface area contributed by atoms with Crippen molar-refractivity contribution >= 4 is 16.1 Å². The zero-order valence-electron chi connectivity index (χ0n) is 13.9. The number of unbranched alkanes of at least 4 members (excludes halogenated alkanes) is 1. The van der Waals surface area contributed by atoms with E-state index in [4.69, 9.17) is 9.66 Å². The molecule has 7 nitrogen and oxygen atoms in total. The molecule has 8 heteroatoms. The molecule has 1 atom stereocenters. The summed E-state index contributed by atoms with van der Waals surface area (Å²) in [4.78, 5) is 10.9. The topological polar surface area (TPSA) is 104 Å². The summed E-state index contributed by atoms with van der Waals surface area (Å²) in [5.41, 5.74) is 0. The van der Waals surface area contributed by atoms with Gasteiger partial charge in [-0.05, 0) is 40.2 Å². The van der Waals surface area contributed by atoms with E-state index in [1.807, 2.05) is 0 Å². The summed E-state index contributed by atoms with van der Waals surface area (Å²) in [5.74, 6) is -1.03. The number of carbonyl (C=O) groups is 1. The van der Waals surface area contributed by atoms with Gasteiger partial charge in [0.2, 0.25) is 0 Å². The summed E-state index contributed by atoms with van der Waals surface area (Å²) in [6.45, 7) is 7.55. The monoisotopic (exact) mass is 339 g/mol. The van der Waals surface area contributed by atoms with Crippen LogP contribution in [0, 0.1) is 0 Å². The molecule has 22 heavy (non-hydrogen) atoms. The Labute approximate surface area is 134 Å². The third kappa shape index (κ3) is 8.67. The lowest BCUT2D eigenvalue weighted by Crippen LogP contribution is -2.49. The predicted octanol–water partition coefficient (Wildman–Crippen LogP) is 0.964. The van der Waals surface area contributed by atoms with Gasteiger partial charge >= 0.3 is 5.97 Å². The summed E-state index contributed by atoms with van der Waals surface area (Å²) >= 11 is 0. The molecule has 132 valence electrons. The number of hydrogen-bond donors (Lipinski definition) is 3. The molecule has 0 radical (unpaired) electrons. The summed E-state index contributed by atoms with van der Waals surface area (Å²) in [5, 5.41) is 11.7. The molecule has 0 aliphatic carbocycles. The van der Waals surface area contributed by atoms with Crippen LogP contribution < -0.4 is 5.32 Å². The van der Waals surface area contributed by atoms with E-state index in [2.05, 4.69) is 19.2 Å². The van der Waals surface area contributed by atoms with Crippen LogP contribution >= 0.6 is 0 Å². The second-order valence-corrected chi connectivity index (χ2v) is 7.31. The van der Waals surface area contributed by atoms with Gasteiger partial charge in [-0.2, -0.15) is 8.42 Å². The molecular weight excluding hydrogens is 308 g/mol. The molecule has 0 spiro atoms. The Balaban J connectivity index is 4.30. The number of carboxylic acids is 1. The number of aliphatic carboxylic acids is 1. The second kappa shape index (κ2) is 10.1. The van der Waals surface area contributed by atoms with E-state index in [-0.39, 0.29) is 5.75 Å². The fraction of sp³-hybridized carbons (Fsp3) is 0.929. The van der Waals surface area contributed by atoms with E-state index in [0.717, 1.165) is 37.0 Å². The first-order valence-electron chi connectivity index (χ1n) is 7.90. The molecule has 0 fully saturated rings. The molecule has 0 amide bonds. The van der Waals surface area contributed by atoms with Gasteiger partial charge < -0.3 is 14.9 Å². The third-order valence-corrected chi connectivity index (χ3v) is 5.20. The second-order valence-electron chi connectivity index (χ2n) is 5.74. The van der Waals surface area contributed by atoms with Crippen LogP contribution in [0.2, 0.25) is 0 Å². The molecule has 0 aromatic heterocycles. The Morgan fingerprint density at radius 2 is 1.68 bits per heavy atom. The molecule has 0 aliphatic rings. The van der Waals surface area contributed by atoms with E-state index in [9.17, 15) is 13.2 Å². The van der Waals surface area contributed by atoms with Gasteiger partial charge in [0, 0.05) is 6.42 Å². The van der Waals surface area contributed by atoms with Crippen LogP contribution in [0.25, 0.3) is 0 Å². The minimum atomic E-state index is -3.90. The largest absolute Gasteiger partial charge is 0.480 e. The maximum Gasteiger partial charge on any atom is 0.320 e. The Bertz CT molecular complexity index is 421. The van der Waals surface area contributed by atoms with Crippen molar-refractivity contribution in [2.24, 2.45) is 0 Å². The summed E-state index contributed by atoms with van der Waals surface area (Å²) in [6.07, 6.45) is 2.74. The van der Waals surface area contributed by atoms with Crippen LogP contribution in [0.1, 0.15) is 39.5 Å². The number of nitrogens with zero attached hydrogens (tertiary/aromatic N) is 1. The standard InChI is InChI=1S/C14H30N2O5S/c1-4-16(5-2,11-8-12-22(19,20)21)10-7-6-9-13(15-3)14(17)18/h13,15H,4-12H2,1-3H3,(H-,17,18,19,20,21)/p+1/t13-/m0/s1. The number of carboxylic acid groups (broad SMARTS) is 1. The highest BCUT2D eigenvalue weighted by Crippen LogP contribution is 2.13. The lowest BCUT2D eigenvalue weighted by Gasteiger charge is -2.37. The van der Waals surface area contributed by atoms with Gasteiger partial charge in [0.1, 0.15) is 6.04 Å². The molecule has 0 heterocycles. The molecule has 0 saturated carbocycles. The van der Waals surface area contributed by atoms with Gasteiger partial charge in [0.15, 0.2) is 0 Å². The van der Waals surface area contributed by atoms with Crippen molar-refractivity contribution in [2.75, 3.05) is 39.0 Å². The number of rotatable bonds is 13. The zero-order chi connectivity index (χ0) is 17.2. The number of hydrogen-bond acceptors (Lipinski definition) is 4. The minimum absolute atomic E-state index is 0.201. The third-order valence-electron chi connectivity index (χ3n) is 4.40. The van der Waals surface area contributed by atoms with Crippen LogP contribution in [-0.4, -0.2) is 73.6 Å². The normalized spacial score (nSPS) is 14.0. The molecule has 3 N–H and O–H groups in total. The van der Waals surface area contributed by atoms with Gasteiger partial charge in [0.25, 0.3) is 10.1 Å². The zero-order valence-corrected chi connectivity index (χ0v) is 14.7. The van der Waals surface area contributed by atoms with Crippen molar-refractivity contribution in [3.8, 4) is 0 Å². The predicted molar refractivity (Wildman–Crippen MR) is 86.4 cm³/mol. The molecule has 0 aromatic carbocycles. The lowest BCUT2D eigenvalue weighted by atomic mass is 10.1. The highest BCUT2D eigenvalue weighted by Gasteiger charge is 2.23. The van der Waals surface area contributed by atoms with Crippen molar-refractivity contribution in [3.05, 3.63) is 0 Å². The fourth-order valence-electron chi connectivity index (χ4n) is 2.74. The van der Waals surface area contributed by atoms with Crippen molar-refractivity contribution in [1.29, 1.82) is 0 Å². The molecule has 0 aromatic rings. The highest BCUT2D eigenvalue weighted by atomic mass is 32.2. The maximum absolute atomic E-state index is 10.9. The van der Waals surface area contributed by atoms with Crippen LogP contribution in [-0.2, 0) is 14.9 Å². The SMILES string of the molecule is CC[N+](CC)(CCCC[C@H](NC)C(=O)O)CCCS(=O)(=O)O. The minimum Gasteiger partial charge on any atom is -0.480 e. The Morgan fingerprint density at radius 1 is 1.14 bits per heavy atom. The van der Waals surface area contributed by atoms with E-state index >= 15 is 0 Å². The Kier molecular flexibility index (Phi) is 9.82. The van der Waals surface area contributed by atoms with Crippen molar-refractivity contribution in [3.63, 3.8) is 0 Å². The van der Waals surface area contributed by atoms with Crippen LogP contribution in [0.4, 0.5) is 0 Å². The average Bonchev–Trinajstić information content (AvgIpc) is 2.43. The molecule has 0 saturated heterocycles. The van der Waals surface area contributed by atoms with Gasteiger partial charge in [-0.15, -0.1) is 0 Å². The van der Waals surface area contributed by atoms with Crippen LogP contribution in [0.15, 0.2) is 0 Å².